The number of carbonyl (C=O) groups is 1. The summed E-state index contributed by atoms with van der Waals surface area (Å²) in [6.07, 6.45) is 2.17. The lowest BCUT2D eigenvalue weighted by atomic mass is 9.95. The van der Waals surface area contributed by atoms with Gasteiger partial charge in [-0.15, -0.1) is 0 Å². The van der Waals surface area contributed by atoms with E-state index in [1.165, 1.54) is 7.11 Å². The Morgan fingerprint density at radius 3 is 2.84 bits per heavy atom. The molecule has 5 nitrogen and oxygen atoms in total. The molecule has 1 aromatic carbocycles. The van der Waals surface area contributed by atoms with Crippen LogP contribution in [0.15, 0.2) is 24.4 Å². The summed E-state index contributed by atoms with van der Waals surface area (Å²) < 4.78 is 9.93. The highest BCUT2D eigenvalue weighted by Gasteiger charge is 2.18. The van der Waals surface area contributed by atoms with E-state index >= 15 is 0 Å². The Hall–Kier alpha value is -2.01. The van der Waals surface area contributed by atoms with Crippen LogP contribution in [0.5, 0.6) is 5.75 Å². The fourth-order valence-electron chi connectivity index (χ4n) is 2.19. The van der Waals surface area contributed by atoms with Gasteiger partial charge in [0.05, 0.1) is 20.6 Å². The average Bonchev–Trinajstić information content (AvgIpc) is 2.87. The van der Waals surface area contributed by atoms with E-state index in [2.05, 4.69) is 4.98 Å². The smallest absolute Gasteiger partial charge is 0.306 e. The first-order valence-corrected chi connectivity index (χ1v) is 6.11. The molecule has 1 aromatic heterocycles. The van der Waals surface area contributed by atoms with Gasteiger partial charge in [0.15, 0.2) is 0 Å². The van der Waals surface area contributed by atoms with E-state index in [0.717, 1.165) is 22.2 Å². The van der Waals surface area contributed by atoms with Crippen LogP contribution in [-0.2, 0) is 9.53 Å². The summed E-state index contributed by atoms with van der Waals surface area (Å²) in [6, 6.07) is 5.78. The lowest BCUT2D eigenvalue weighted by Gasteiger charge is -2.12. The van der Waals surface area contributed by atoms with Crippen molar-refractivity contribution in [1.29, 1.82) is 0 Å². The van der Waals surface area contributed by atoms with Crippen LogP contribution in [0.25, 0.3) is 10.9 Å². The van der Waals surface area contributed by atoms with Gasteiger partial charge in [-0.25, -0.2) is 0 Å². The number of methoxy groups -OCH3 is 2. The number of ether oxygens (including phenoxy) is 2. The van der Waals surface area contributed by atoms with Crippen LogP contribution >= 0.6 is 0 Å². The molecular formula is C14H18N2O3. The largest absolute Gasteiger partial charge is 0.497 e. The van der Waals surface area contributed by atoms with Crippen LogP contribution in [0.2, 0.25) is 0 Å². The summed E-state index contributed by atoms with van der Waals surface area (Å²) in [5.74, 6) is 0.461. The normalized spacial score (nSPS) is 12.4. The van der Waals surface area contributed by atoms with E-state index in [1.54, 1.807) is 7.11 Å². The fraction of sp³-hybridized carbons (Fsp3) is 0.357. The molecule has 0 fully saturated rings. The third kappa shape index (κ3) is 2.71. The Kier molecular flexibility index (Phi) is 4.06. The minimum atomic E-state index is -0.257. The van der Waals surface area contributed by atoms with Crippen molar-refractivity contribution in [2.24, 2.45) is 5.73 Å². The molecule has 1 atom stereocenters. The van der Waals surface area contributed by atoms with Gasteiger partial charge in [-0.1, -0.05) is 0 Å². The molecule has 0 radical (unpaired) electrons. The Balaban J connectivity index is 2.39. The molecule has 0 aliphatic rings. The number of H-pyrrole nitrogens is 1. The molecule has 5 heteroatoms. The zero-order chi connectivity index (χ0) is 13.8. The van der Waals surface area contributed by atoms with E-state index in [0.29, 0.717) is 6.54 Å². The van der Waals surface area contributed by atoms with Gasteiger partial charge in [-0.2, -0.15) is 0 Å². The quantitative estimate of drug-likeness (QED) is 0.805. The summed E-state index contributed by atoms with van der Waals surface area (Å²) >= 11 is 0. The fourth-order valence-corrected chi connectivity index (χ4v) is 2.19. The number of aromatic amines is 1. The van der Waals surface area contributed by atoms with Crippen LogP contribution in [0.4, 0.5) is 0 Å². The van der Waals surface area contributed by atoms with Gasteiger partial charge in [0, 0.05) is 23.0 Å². The first-order chi connectivity index (χ1) is 9.19. The van der Waals surface area contributed by atoms with Crippen molar-refractivity contribution < 1.29 is 14.3 Å². The maximum absolute atomic E-state index is 11.4. The molecule has 0 saturated carbocycles. The third-order valence-electron chi connectivity index (χ3n) is 3.29. The number of benzene rings is 1. The molecule has 2 rings (SSSR count). The summed E-state index contributed by atoms with van der Waals surface area (Å²) in [5.41, 5.74) is 7.79. The molecule has 0 amide bonds. The van der Waals surface area contributed by atoms with Gasteiger partial charge < -0.3 is 20.2 Å². The van der Waals surface area contributed by atoms with Crippen LogP contribution in [0, 0.1) is 0 Å². The third-order valence-corrected chi connectivity index (χ3v) is 3.29. The van der Waals surface area contributed by atoms with Crippen LogP contribution in [0.3, 0.4) is 0 Å². The van der Waals surface area contributed by atoms with Gasteiger partial charge in [-0.05, 0) is 30.3 Å². The van der Waals surface area contributed by atoms with Crippen molar-refractivity contribution in [1.82, 2.24) is 4.98 Å². The molecule has 1 heterocycles. The highest BCUT2D eigenvalue weighted by Crippen LogP contribution is 2.30. The molecular weight excluding hydrogens is 244 g/mol. The van der Waals surface area contributed by atoms with Crippen LogP contribution in [-0.4, -0.2) is 31.7 Å². The number of rotatable bonds is 5. The predicted molar refractivity (Wildman–Crippen MR) is 73.3 cm³/mol. The molecule has 0 bridgehead atoms. The van der Waals surface area contributed by atoms with E-state index in [4.69, 9.17) is 15.2 Å². The molecule has 2 aromatic rings. The topological polar surface area (TPSA) is 77.3 Å². The number of hydrogen-bond donors (Lipinski definition) is 2. The lowest BCUT2D eigenvalue weighted by Crippen LogP contribution is -2.17. The van der Waals surface area contributed by atoms with Crippen molar-refractivity contribution in [3.63, 3.8) is 0 Å². The second-order valence-corrected chi connectivity index (χ2v) is 4.37. The van der Waals surface area contributed by atoms with Gasteiger partial charge in [0.1, 0.15) is 5.75 Å². The van der Waals surface area contributed by atoms with E-state index < -0.39 is 0 Å². The van der Waals surface area contributed by atoms with Gasteiger partial charge in [-0.3, -0.25) is 4.79 Å². The molecule has 0 spiro atoms. The van der Waals surface area contributed by atoms with Gasteiger partial charge in [0.25, 0.3) is 0 Å². The highest BCUT2D eigenvalue weighted by atomic mass is 16.5. The second kappa shape index (κ2) is 5.75. The molecule has 3 N–H and O–H groups in total. The number of carbonyl (C=O) groups excluding carboxylic acids is 1. The number of aromatic nitrogens is 1. The number of hydrogen-bond acceptors (Lipinski definition) is 4. The summed E-state index contributed by atoms with van der Waals surface area (Å²) in [7, 11) is 3.01. The zero-order valence-corrected chi connectivity index (χ0v) is 11.1. The molecule has 19 heavy (non-hydrogen) atoms. The Bertz CT molecular complexity index is 577. The predicted octanol–water partition coefficient (Wildman–Crippen LogP) is 1.78. The minimum absolute atomic E-state index is 0.0618. The molecule has 0 saturated heterocycles. The summed E-state index contributed by atoms with van der Waals surface area (Å²) in [4.78, 5) is 14.6. The second-order valence-electron chi connectivity index (χ2n) is 4.37. The Morgan fingerprint density at radius 1 is 1.42 bits per heavy atom. The monoisotopic (exact) mass is 262 g/mol. The molecule has 102 valence electrons. The minimum Gasteiger partial charge on any atom is -0.497 e. The van der Waals surface area contributed by atoms with Crippen molar-refractivity contribution in [2.75, 3.05) is 20.8 Å². The maximum Gasteiger partial charge on any atom is 0.306 e. The van der Waals surface area contributed by atoms with Crippen molar-refractivity contribution in [3.05, 3.63) is 30.0 Å². The number of fused-ring (bicyclic) bond motifs is 1. The standard InChI is InChI=1S/C14H18N2O3/c1-18-10-3-4-13-11(6-10)12(8-16-13)9(7-15)5-14(17)19-2/h3-4,6,8-9,16H,5,7,15H2,1-2H3. The number of nitrogens with two attached hydrogens (primary N) is 1. The van der Waals surface area contributed by atoms with Crippen molar-refractivity contribution in [2.45, 2.75) is 12.3 Å². The number of nitrogens with one attached hydrogen (secondary N) is 1. The molecule has 1 unspecified atom stereocenters. The van der Waals surface area contributed by atoms with Crippen molar-refractivity contribution >= 4 is 16.9 Å². The summed E-state index contributed by atoms with van der Waals surface area (Å²) in [5, 5.41) is 1.03. The maximum atomic E-state index is 11.4. The SMILES string of the molecule is COC(=O)CC(CN)c1c[nH]c2ccc(OC)cc12. The van der Waals surface area contributed by atoms with E-state index in [1.807, 2.05) is 24.4 Å². The van der Waals surface area contributed by atoms with E-state index in [-0.39, 0.29) is 18.3 Å². The van der Waals surface area contributed by atoms with Crippen LogP contribution < -0.4 is 10.5 Å². The molecule has 0 aliphatic heterocycles. The van der Waals surface area contributed by atoms with E-state index in [9.17, 15) is 4.79 Å². The first kappa shape index (κ1) is 13.4. The Morgan fingerprint density at radius 2 is 2.21 bits per heavy atom. The first-order valence-electron chi connectivity index (χ1n) is 6.11. The molecule has 0 aliphatic carbocycles. The lowest BCUT2D eigenvalue weighted by molar-refractivity contribution is -0.141. The zero-order valence-electron chi connectivity index (χ0n) is 11.1. The Labute approximate surface area is 111 Å². The highest BCUT2D eigenvalue weighted by molar-refractivity contribution is 5.86. The van der Waals surface area contributed by atoms with Gasteiger partial charge in [0.2, 0.25) is 0 Å². The number of esters is 1. The summed E-state index contributed by atoms with van der Waals surface area (Å²) in [6.45, 7) is 0.388. The average molecular weight is 262 g/mol. The van der Waals surface area contributed by atoms with Crippen molar-refractivity contribution in [3.8, 4) is 5.75 Å². The van der Waals surface area contributed by atoms with Gasteiger partial charge >= 0.3 is 5.97 Å². The van der Waals surface area contributed by atoms with Crippen LogP contribution in [0.1, 0.15) is 17.9 Å².